The maximum atomic E-state index is 15.9. The van der Waals surface area contributed by atoms with Gasteiger partial charge in [-0.05, 0) is 306 Å². The standard InChI is InChI=1S/C81H132O24S5/c1-49-5-44-76(72(45-49)80(85)53-12-22-59(23-13-53)104-63-30-38-67(39-31-63)110(97,98)99)106(86,87)68-40-43-75(71(48-68)79(84)52-10-20-58(21-11-52)103-62-28-36-66(37-29-62)109(94,95)96)105-74-42-15-55(47-70(74)78(83)51-8-18-57(19-9-51)102-61-26-34-65(35-27-61)108(91,92)93)81(2,3)54-14-41-73(100-4)69(46-54)77(82)50-6-16-56(17-7-50)101-60-24-32-64(33-25-60)107(88,89)90/h49-76H,5-48H2,1-4H3,(H,88,89,90)(H,91,92,93)(H,94,95,96)(H,97,98,99). The maximum absolute atomic E-state index is 15.9. The van der Waals surface area contributed by atoms with Crippen molar-refractivity contribution >= 4 is 73.4 Å². The van der Waals surface area contributed by atoms with Crippen LogP contribution >= 0.6 is 0 Å². The number of ether oxygens (including phenoxy) is 6. The van der Waals surface area contributed by atoms with E-state index in [9.17, 15) is 56.7 Å². The van der Waals surface area contributed by atoms with Gasteiger partial charge in [-0.15, -0.1) is 0 Å². The highest BCUT2D eigenvalue weighted by atomic mass is 32.2. The minimum Gasteiger partial charge on any atom is -0.381 e. The van der Waals surface area contributed by atoms with E-state index in [0.717, 1.165) is 25.7 Å². The number of hydrogen-bond donors (Lipinski definition) is 4. The average Bonchev–Trinajstić information content (AvgIpc) is 0.768. The Labute approximate surface area is 656 Å². The Morgan fingerprint density at radius 3 is 0.836 bits per heavy atom. The Kier molecular flexibility index (Phi) is 29.5. The van der Waals surface area contributed by atoms with Crippen molar-refractivity contribution in [3.05, 3.63) is 0 Å². The molecule has 12 atom stereocenters. The van der Waals surface area contributed by atoms with Crippen molar-refractivity contribution in [2.75, 3.05) is 7.11 Å². The summed E-state index contributed by atoms with van der Waals surface area (Å²) in [5.41, 5.74) is -0.339. The lowest BCUT2D eigenvalue weighted by Gasteiger charge is -2.51. The van der Waals surface area contributed by atoms with Crippen LogP contribution in [0.2, 0.25) is 0 Å². The van der Waals surface area contributed by atoms with Crippen LogP contribution in [0.15, 0.2) is 0 Å². The van der Waals surface area contributed by atoms with E-state index in [4.69, 9.17) is 28.4 Å². The zero-order valence-corrected chi connectivity index (χ0v) is 69.9. The molecule has 29 heteroatoms. The van der Waals surface area contributed by atoms with Gasteiger partial charge in [-0.1, -0.05) is 20.8 Å². The predicted octanol–water partition coefficient (Wildman–Crippen LogP) is 13.4. The number of Topliss-reactive ketones (excluding diaryl/α,β-unsaturated/α-hetero) is 4. The second-order valence-corrected chi connectivity index (χ2v) is 46.7. The maximum Gasteiger partial charge on any atom is 0.267 e. The summed E-state index contributed by atoms with van der Waals surface area (Å²) in [5, 5.41) is -5.00. The van der Waals surface area contributed by atoms with E-state index in [0.29, 0.717) is 238 Å². The van der Waals surface area contributed by atoms with Crippen LogP contribution in [0, 0.1) is 70.5 Å². The van der Waals surface area contributed by atoms with E-state index >= 15 is 22.8 Å². The third kappa shape index (κ3) is 21.7. The second-order valence-electron chi connectivity index (χ2n) is 37.4. The van der Waals surface area contributed by atoms with Crippen LogP contribution in [0.3, 0.4) is 0 Å². The summed E-state index contributed by atoms with van der Waals surface area (Å²) in [6.07, 6.45) is 20.0. The van der Waals surface area contributed by atoms with Crippen LogP contribution in [0.5, 0.6) is 0 Å². The summed E-state index contributed by atoms with van der Waals surface area (Å²) in [5.74, 6) is -3.03. The molecule has 0 aromatic carbocycles. The van der Waals surface area contributed by atoms with Crippen molar-refractivity contribution in [1.82, 2.24) is 0 Å². The highest BCUT2D eigenvalue weighted by Crippen LogP contribution is 2.54. The zero-order valence-electron chi connectivity index (χ0n) is 65.8. The summed E-state index contributed by atoms with van der Waals surface area (Å²) >= 11 is 0. The van der Waals surface area contributed by atoms with Gasteiger partial charge in [0, 0.05) is 54.5 Å². The summed E-state index contributed by atoms with van der Waals surface area (Å²) < 4.78 is 206. The number of carbonyl (C=O) groups is 4. The Morgan fingerprint density at radius 1 is 0.282 bits per heavy atom. The first-order valence-corrected chi connectivity index (χ1v) is 50.6. The molecule has 12 aliphatic carbocycles. The van der Waals surface area contributed by atoms with E-state index in [1.54, 1.807) is 7.11 Å². The number of methoxy groups -OCH3 is 1. The van der Waals surface area contributed by atoms with Gasteiger partial charge in [-0.25, -0.2) is 8.42 Å². The number of carbonyl (C=O) groups excluding carboxylic acids is 4. The molecular weight excluding hydrogens is 1520 g/mol. The first-order valence-electron chi connectivity index (χ1n) is 43.0. The number of hydrogen-bond acceptors (Lipinski definition) is 20. The lowest BCUT2D eigenvalue weighted by molar-refractivity contribution is -0.156. The molecule has 0 heterocycles. The largest absolute Gasteiger partial charge is 0.381 e. The van der Waals surface area contributed by atoms with Crippen molar-refractivity contribution in [3.63, 3.8) is 0 Å². The number of rotatable bonds is 27. The van der Waals surface area contributed by atoms with Gasteiger partial charge in [0.05, 0.1) is 98.6 Å². The van der Waals surface area contributed by atoms with Crippen LogP contribution < -0.4 is 0 Å². The van der Waals surface area contributed by atoms with Crippen molar-refractivity contribution in [2.45, 2.75) is 402 Å². The molecule has 24 nitrogen and oxygen atoms in total. The zero-order chi connectivity index (χ0) is 78.8. The molecule has 12 aliphatic rings. The molecule has 0 spiro atoms. The minimum atomic E-state index is -4.16. The lowest BCUT2D eigenvalue weighted by atomic mass is 9.56. The molecule has 0 radical (unpaired) electrons. The Morgan fingerprint density at radius 2 is 0.536 bits per heavy atom. The first kappa shape index (κ1) is 87.3. The highest BCUT2D eigenvalue weighted by Gasteiger charge is 2.55. The molecule has 12 fully saturated rings. The van der Waals surface area contributed by atoms with E-state index in [1.807, 2.05) is 0 Å². The quantitative estimate of drug-likeness (QED) is 0.0555. The molecule has 12 rings (SSSR count). The minimum absolute atomic E-state index is 0.0143. The molecule has 12 unspecified atom stereocenters. The number of ketones is 4. The van der Waals surface area contributed by atoms with Gasteiger partial charge < -0.3 is 28.4 Å². The summed E-state index contributed by atoms with van der Waals surface area (Å²) in [7, 11) is -18.9. The smallest absolute Gasteiger partial charge is 0.267 e. The van der Waals surface area contributed by atoms with Crippen LogP contribution in [0.1, 0.15) is 303 Å². The van der Waals surface area contributed by atoms with Crippen molar-refractivity contribution in [2.24, 2.45) is 70.5 Å². The SMILES string of the molecule is COC1CCC(C(C)(C)C2CCC(OC3CCC(S(=O)(=O)C4CCC(C)CC4C(=O)C4CCC(OC5CCC(S(=O)(=O)O)CC5)CC4)CC3C(=O)C3CCC(OC4CCC(S(=O)(=O)O)CC4)CC3)C(C(=O)C3CCC(OC4CCC(S(=O)(=O)O)CC4)CC3)C2)CC1C(=O)C1CCC(OC2CCC(S(=O)(=O)O)CC2)CC1. The van der Waals surface area contributed by atoms with Crippen molar-refractivity contribution < 1.29 is 108 Å². The average molecular weight is 1650 g/mol. The van der Waals surface area contributed by atoms with Gasteiger partial charge in [0.2, 0.25) is 0 Å². The van der Waals surface area contributed by atoms with Crippen molar-refractivity contribution in [1.29, 1.82) is 0 Å². The molecule has 12 saturated carbocycles. The topological polar surface area (TPSA) is 375 Å². The Balaban J connectivity index is 0.751. The molecule has 0 aliphatic heterocycles. The number of sulfone groups is 1. The molecule has 0 aromatic heterocycles. The van der Waals surface area contributed by atoms with Crippen LogP contribution in [0.25, 0.3) is 0 Å². The molecule has 0 aromatic rings. The monoisotopic (exact) mass is 1650 g/mol. The van der Waals surface area contributed by atoms with Gasteiger partial charge in [0.25, 0.3) is 40.5 Å². The van der Waals surface area contributed by atoms with Crippen LogP contribution in [-0.2, 0) is 97.9 Å². The third-order valence-electron chi connectivity index (χ3n) is 30.5. The normalized spacial score (nSPS) is 41.5. The molecule has 0 bridgehead atoms. The van der Waals surface area contributed by atoms with Gasteiger partial charge in [-0.2, -0.15) is 33.7 Å². The fourth-order valence-electron chi connectivity index (χ4n) is 23.5. The Bertz CT molecular complexity index is 3670. The summed E-state index contributed by atoms with van der Waals surface area (Å²) in [4.78, 5) is 61.8. The molecule has 110 heavy (non-hydrogen) atoms. The van der Waals surface area contributed by atoms with Gasteiger partial charge in [-0.3, -0.25) is 37.4 Å². The lowest BCUT2D eigenvalue weighted by Crippen LogP contribution is -2.52. The van der Waals surface area contributed by atoms with Crippen molar-refractivity contribution in [3.8, 4) is 0 Å². The molecule has 0 amide bonds. The second kappa shape index (κ2) is 37.1. The molecule has 0 saturated heterocycles. The van der Waals surface area contributed by atoms with Gasteiger partial charge in [0.15, 0.2) is 9.84 Å². The first-order chi connectivity index (χ1) is 52.0. The van der Waals surface area contributed by atoms with Crippen LogP contribution in [-0.4, -0.2) is 189 Å². The predicted molar refractivity (Wildman–Crippen MR) is 413 cm³/mol. The molecule has 4 N–H and O–H groups in total. The summed E-state index contributed by atoms with van der Waals surface area (Å²) in [6, 6.07) is 0. The summed E-state index contributed by atoms with van der Waals surface area (Å²) in [6.45, 7) is 6.70. The fourth-order valence-corrected chi connectivity index (χ4v) is 29.6. The highest BCUT2D eigenvalue weighted by molar-refractivity contribution is 7.92. The van der Waals surface area contributed by atoms with Gasteiger partial charge >= 0.3 is 0 Å². The third-order valence-corrected chi connectivity index (χ3v) is 38.5. The van der Waals surface area contributed by atoms with E-state index in [1.165, 1.54) is 0 Å². The van der Waals surface area contributed by atoms with E-state index < -0.39 is 118 Å². The van der Waals surface area contributed by atoms with E-state index in [2.05, 4.69) is 20.8 Å². The fraction of sp³-hybridized carbons (Fsp3) is 0.951. The Hall–Kier alpha value is -1.97. The molecule has 630 valence electrons. The van der Waals surface area contributed by atoms with E-state index in [-0.39, 0.29) is 144 Å². The molecular formula is C81H132O24S5. The van der Waals surface area contributed by atoms with Gasteiger partial charge in [0.1, 0.15) is 23.1 Å². The van der Waals surface area contributed by atoms with Crippen LogP contribution in [0.4, 0.5) is 0 Å².